The molecule has 2 aromatic rings. The maximum Gasteiger partial charge on any atom is 0.251 e. The maximum absolute atomic E-state index is 13.0. The zero-order valence-electron chi connectivity index (χ0n) is 10.8. The molecule has 2 rings (SSSR count). The van der Waals surface area contributed by atoms with Gasteiger partial charge >= 0.3 is 0 Å². The standard InChI is InChI=1S/C15H15FN2O2/c16-12-3-1-2-11(10-12)15(19)18-8-9-20-14-6-4-13(17)5-7-14/h1-7,10H,8-9,17H2,(H,18,19). The molecule has 0 heterocycles. The fraction of sp³-hybridized carbons (Fsp3) is 0.133. The summed E-state index contributed by atoms with van der Waals surface area (Å²) in [5.41, 5.74) is 6.51. The first-order chi connectivity index (χ1) is 9.65. The zero-order chi connectivity index (χ0) is 14.4. The molecule has 0 aliphatic heterocycles. The molecule has 0 aromatic heterocycles. The molecule has 1 amide bonds. The highest BCUT2D eigenvalue weighted by atomic mass is 19.1. The lowest BCUT2D eigenvalue weighted by atomic mass is 10.2. The lowest BCUT2D eigenvalue weighted by Gasteiger charge is -2.08. The molecule has 0 atom stereocenters. The lowest BCUT2D eigenvalue weighted by Crippen LogP contribution is -2.28. The third-order valence-electron chi connectivity index (χ3n) is 2.62. The van der Waals surface area contributed by atoms with Crippen molar-refractivity contribution < 1.29 is 13.9 Å². The van der Waals surface area contributed by atoms with Crippen molar-refractivity contribution in [2.75, 3.05) is 18.9 Å². The molecule has 0 bridgehead atoms. The summed E-state index contributed by atoms with van der Waals surface area (Å²) in [6, 6.07) is 12.5. The molecule has 0 unspecified atom stereocenters. The van der Waals surface area contributed by atoms with Gasteiger partial charge in [-0.05, 0) is 42.5 Å². The molecular weight excluding hydrogens is 259 g/mol. The summed E-state index contributed by atoms with van der Waals surface area (Å²) >= 11 is 0. The number of nitrogens with one attached hydrogen (secondary N) is 1. The number of nitrogen functional groups attached to an aromatic ring is 1. The number of hydrogen-bond acceptors (Lipinski definition) is 3. The van der Waals surface area contributed by atoms with Gasteiger partial charge in [0, 0.05) is 11.3 Å². The highest BCUT2D eigenvalue weighted by Crippen LogP contribution is 2.12. The quantitative estimate of drug-likeness (QED) is 0.649. The predicted molar refractivity (Wildman–Crippen MR) is 75.1 cm³/mol. The second kappa shape index (κ2) is 6.56. The molecule has 0 aliphatic rings. The fourth-order valence-electron chi connectivity index (χ4n) is 1.63. The van der Waals surface area contributed by atoms with Crippen LogP contribution in [0.15, 0.2) is 48.5 Å². The summed E-state index contributed by atoms with van der Waals surface area (Å²) < 4.78 is 18.4. The molecule has 0 saturated carbocycles. The third kappa shape index (κ3) is 3.98. The summed E-state index contributed by atoms with van der Waals surface area (Å²) in [4.78, 5) is 11.7. The number of hydrogen-bond donors (Lipinski definition) is 2. The van der Waals surface area contributed by atoms with E-state index in [4.69, 9.17) is 10.5 Å². The van der Waals surface area contributed by atoms with Crippen LogP contribution >= 0.6 is 0 Å². The van der Waals surface area contributed by atoms with Gasteiger partial charge in [-0.3, -0.25) is 4.79 Å². The van der Waals surface area contributed by atoms with Gasteiger partial charge in [0.05, 0.1) is 6.54 Å². The van der Waals surface area contributed by atoms with Crippen LogP contribution in [0.5, 0.6) is 5.75 Å². The Balaban J connectivity index is 1.76. The number of rotatable bonds is 5. The zero-order valence-corrected chi connectivity index (χ0v) is 10.8. The van der Waals surface area contributed by atoms with E-state index in [1.54, 1.807) is 30.3 Å². The van der Waals surface area contributed by atoms with E-state index >= 15 is 0 Å². The molecule has 0 spiro atoms. The second-order valence-corrected chi connectivity index (χ2v) is 4.18. The van der Waals surface area contributed by atoms with Crippen LogP contribution in [0.25, 0.3) is 0 Å². The molecule has 0 aliphatic carbocycles. The molecule has 0 saturated heterocycles. The molecule has 2 aromatic carbocycles. The Morgan fingerprint density at radius 1 is 1.20 bits per heavy atom. The number of carbonyl (C=O) groups is 1. The summed E-state index contributed by atoms with van der Waals surface area (Å²) in [6.45, 7) is 0.657. The Labute approximate surface area is 116 Å². The average Bonchev–Trinajstić information content (AvgIpc) is 2.45. The predicted octanol–water partition coefficient (Wildman–Crippen LogP) is 2.22. The van der Waals surface area contributed by atoms with Crippen molar-refractivity contribution in [1.29, 1.82) is 0 Å². The third-order valence-corrected chi connectivity index (χ3v) is 2.62. The van der Waals surface area contributed by atoms with Gasteiger partial charge in [0.15, 0.2) is 0 Å². The Morgan fingerprint density at radius 3 is 2.65 bits per heavy atom. The normalized spacial score (nSPS) is 10.1. The lowest BCUT2D eigenvalue weighted by molar-refractivity contribution is 0.0946. The van der Waals surface area contributed by atoms with E-state index < -0.39 is 5.82 Å². The van der Waals surface area contributed by atoms with Crippen LogP contribution in [0, 0.1) is 5.82 Å². The molecule has 5 heteroatoms. The van der Waals surface area contributed by atoms with Gasteiger partial charge in [0.1, 0.15) is 18.2 Å². The first-order valence-electron chi connectivity index (χ1n) is 6.17. The molecule has 4 nitrogen and oxygen atoms in total. The second-order valence-electron chi connectivity index (χ2n) is 4.18. The minimum Gasteiger partial charge on any atom is -0.492 e. The smallest absolute Gasteiger partial charge is 0.251 e. The maximum atomic E-state index is 13.0. The first-order valence-corrected chi connectivity index (χ1v) is 6.17. The van der Waals surface area contributed by atoms with Gasteiger partial charge in [0.2, 0.25) is 0 Å². The number of ether oxygens (including phenoxy) is 1. The van der Waals surface area contributed by atoms with Crippen LogP contribution in [0.3, 0.4) is 0 Å². The molecule has 0 fully saturated rings. The number of amides is 1. The Hall–Kier alpha value is -2.56. The van der Waals surface area contributed by atoms with Crippen LogP contribution in [-0.4, -0.2) is 19.1 Å². The first kappa shape index (κ1) is 13.9. The van der Waals surface area contributed by atoms with Crippen LogP contribution in [-0.2, 0) is 0 Å². The Bertz CT molecular complexity index is 585. The van der Waals surface area contributed by atoms with Crippen molar-refractivity contribution >= 4 is 11.6 Å². The monoisotopic (exact) mass is 274 g/mol. The van der Waals surface area contributed by atoms with Crippen LogP contribution in [0.2, 0.25) is 0 Å². The van der Waals surface area contributed by atoms with E-state index in [0.29, 0.717) is 24.6 Å². The van der Waals surface area contributed by atoms with E-state index in [2.05, 4.69) is 5.32 Å². The molecule has 20 heavy (non-hydrogen) atoms. The van der Waals surface area contributed by atoms with Crippen molar-refractivity contribution in [3.63, 3.8) is 0 Å². The summed E-state index contributed by atoms with van der Waals surface area (Å²) in [5.74, 6) is -0.0830. The summed E-state index contributed by atoms with van der Waals surface area (Å²) in [7, 11) is 0. The van der Waals surface area contributed by atoms with Crippen molar-refractivity contribution in [2.45, 2.75) is 0 Å². The largest absolute Gasteiger partial charge is 0.492 e. The van der Waals surface area contributed by atoms with Crippen molar-refractivity contribution in [1.82, 2.24) is 5.32 Å². The van der Waals surface area contributed by atoms with Gasteiger partial charge in [0.25, 0.3) is 5.91 Å². The van der Waals surface area contributed by atoms with Gasteiger partial charge in [-0.1, -0.05) is 6.07 Å². The molecular formula is C15H15FN2O2. The Kier molecular flexibility index (Phi) is 4.55. The fourth-order valence-corrected chi connectivity index (χ4v) is 1.63. The average molecular weight is 274 g/mol. The number of halogens is 1. The van der Waals surface area contributed by atoms with Crippen LogP contribution in [0.1, 0.15) is 10.4 Å². The minimum atomic E-state index is -0.434. The number of carbonyl (C=O) groups excluding carboxylic acids is 1. The summed E-state index contributed by atoms with van der Waals surface area (Å²) in [5, 5.41) is 2.65. The minimum absolute atomic E-state index is 0.289. The van der Waals surface area contributed by atoms with Crippen LogP contribution in [0.4, 0.5) is 10.1 Å². The van der Waals surface area contributed by atoms with E-state index in [9.17, 15) is 9.18 Å². The number of benzene rings is 2. The number of anilines is 1. The SMILES string of the molecule is Nc1ccc(OCCNC(=O)c2cccc(F)c2)cc1. The Morgan fingerprint density at radius 2 is 1.95 bits per heavy atom. The van der Waals surface area contributed by atoms with E-state index in [-0.39, 0.29) is 11.5 Å². The topological polar surface area (TPSA) is 64.3 Å². The van der Waals surface area contributed by atoms with E-state index in [0.717, 1.165) is 0 Å². The molecule has 3 N–H and O–H groups in total. The van der Waals surface area contributed by atoms with Crippen molar-refractivity contribution in [2.24, 2.45) is 0 Å². The van der Waals surface area contributed by atoms with Crippen molar-refractivity contribution in [3.8, 4) is 5.75 Å². The van der Waals surface area contributed by atoms with E-state index in [1.165, 1.54) is 18.2 Å². The van der Waals surface area contributed by atoms with Gasteiger partial charge < -0.3 is 15.8 Å². The highest BCUT2D eigenvalue weighted by molar-refractivity contribution is 5.94. The number of nitrogens with two attached hydrogens (primary N) is 1. The van der Waals surface area contributed by atoms with Gasteiger partial charge in [-0.2, -0.15) is 0 Å². The van der Waals surface area contributed by atoms with Gasteiger partial charge in [-0.25, -0.2) is 4.39 Å². The molecule has 104 valence electrons. The molecule has 0 radical (unpaired) electrons. The van der Waals surface area contributed by atoms with Crippen LogP contribution < -0.4 is 15.8 Å². The van der Waals surface area contributed by atoms with Gasteiger partial charge in [-0.15, -0.1) is 0 Å². The highest BCUT2D eigenvalue weighted by Gasteiger charge is 2.05. The van der Waals surface area contributed by atoms with Crippen molar-refractivity contribution in [3.05, 3.63) is 59.9 Å². The van der Waals surface area contributed by atoms with E-state index in [1.807, 2.05) is 0 Å². The summed E-state index contributed by atoms with van der Waals surface area (Å²) in [6.07, 6.45) is 0.